The predicted molar refractivity (Wildman–Crippen MR) is 206 cm³/mol. The Kier molecular flexibility index (Phi) is 10.1. The van der Waals surface area contributed by atoms with Crippen LogP contribution in [0.3, 0.4) is 0 Å². The number of fused-ring (bicyclic) bond motifs is 3. The van der Waals surface area contributed by atoms with Gasteiger partial charge in [0.05, 0.1) is 37.8 Å². The van der Waals surface area contributed by atoms with Crippen LogP contribution in [0.1, 0.15) is 35.6 Å². The lowest BCUT2D eigenvalue weighted by atomic mass is 9.82. The summed E-state index contributed by atoms with van der Waals surface area (Å²) in [7, 11) is -3.51. The third kappa shape index (κ3) is 7.04. The van der Waals surface area contributed by atoms with E-state index in [2.05, 4.69) is 10.3 Å². The highest BCUT2D eigenvalue weighted by molar-refractivity contribution is 6.72. The summed E-state index contributed by atoms with van der Waals surface area (Å²) >= 11 is 0. The molecule has 0 radical (unpaired) electrons. The molecule has 3 heterocycles. The van der Waals surface area contributed by atoms with Crippen molar-refractivity contribution in [3.63, 3.8) is 0 Å². The minimum Gasteiger partial charge on any atom is -0.395 e. The van der Waals surface area contributed by atoms with Gasteiger partial charge in [-0.25, -0.2) is 0 Å². The number of hydrogen-bond acceptors (Lipinski definition) is 5. The largest absolute Gasteiger partial charge is 0.395 e. The molecule has 4 aromatic carbocycles. The van der Waals surface area contributed by atoms with E-state index in [0.717, 1.165) is 27.6 Å². The number of benzene rings is 4. The second kappa shape index (κ2) is 14.7. The molecule has 1 aromatic heterocycles. The molecule has 0 aliphatic carbocycles. The van der Waals surface area contributed by atoms with Crippen molar-refractivity contribution in [3.8, 4) is 0 Å². The molecule has 1 fully saturated rings. The van der Waals surface area contributed by atoms with Gasteiger partial charge in [0, 0.05) is 52.9 Å². The smallest absolute Gasteiger partial charge is 0.264 e. The Morgan fingerprint density at radius 2 is 1.70 bits per heavy atom. The van der Waals surface area contributed by atoms with E-state index in [0.29, 0.717) is 23.5 Å². The summed E-state index contributed by atoms with van der Waals surface area (Å²) < 4.78 is 23.2. The number of anilines is 2. The minimum atomic E-state index is -3.51. The quantitative estimate of drug-likeness (QED) is 0.0938. The van der Waals surface area contributed by atoms with Crippen molar-refractivity contribution in [1.82, 2.24) is 9.88 Å². The van der Waals surface area contributed by atoms with Crippen LogP contribution in [0.5, 0.6) is 0 Å². The van der Waals surface area contributed by atoms with E-state index < -0.39 is 31.6 Å². The molecule has 2 aliphatic heterocycles. The SMILES string of the molecule is C[C@@H]1[C@@H]([Si](C)(C)F)[C@H](CC(=O)N(CCO)Cc2ccccc2)O[C@@]12C(=O)N(Cc1cccc(NC(=O)Cc3c[nH]c4ccccc34)c1)c1ccccc12. The van der Waals surface area contributed by atoms with Crippen molar-refractivity contribution < 1.29 is 28.3 Å². The fourth-order valence-electron chi connectivity index (χ4n) is 8.46. The van der Waals surface area contributed by atoms with E-state index in [1.165, 1.54) is 0 Å². The lowest BCUT2D eigenvalue weighted by molar-refractivity contribution is -0.150. The highest BCUT2D eigenvalue weighted by Gasteiger charge is 2.67. The average molecular weight is 733 g/mol. The Bertz CT molecular complexity index is 2130. The van der Waals surface area contributed by atoms with Crippen LogP contribution in [0.15, 0.2) is 109 Å². The molecule has 2 aliphatic rings. The zero-order valence-corrected chi connectivity index (χ0v) is 31.2. The number of nitrogens with zero attached hydrogens (tertiary/aromatic N) is 2. The van der Waals surface area contributed by atoms with Crippen LogP contribution in [-0.4, -0.2) is 60.4 Å². The summed E-state index contributed by atoms with van der Waals surface area (Å²) in [5, 5.41) is 13.8. The van der Waals surface area contributed by atoms with Crippen LogP contribution < -0.4 is 10.2 Å². The van der Waals surface area contributed by atoms with Gasteiger partial charge in [-0.05, 0) is 54.0 Å². The van der Waals surface area contributed by atoms with Crippen molar-refractivity contribution in [3.05, 3.63) is 132 Å². The Morgan fingerprint density at radius 3 is 2.47 bits per heavy atom. The number of nitrogens with one attached hydrogen (secondary N) is 2. The van der Waals surface area contributed by atoms with Gasteiger partial charge in [0.25, 0.3) is 5.91 Å². The minimum absolute atomic E-state index is 0.111. The van der Waals surface area contributed by atoms with Crippen molar-refractivity contribution in [2.45, 2.75) is 63.2 Å². The lowest BCUT2D eigenvalue weighted by Crippen LogP contribution is -2.45. The van der Waals surface area contributed by atoms with E-state index in [1.54, 1.807) is 22.9 Å². The third-order valence-electron chi connectivity index (χ3n) is 10.8. The molecule has 3 amide bonds. The average Bonchev–Trinajstić information content (AvgIpc) is 3.75. The van der Waals surface area contributed by atoms with Gasteiger partial charge >= 0.3 is 0 Å². The molecule has 5 aromatic rings. The number of aliphatic hydroxyl groups excluding tert-OH is 1. The summed E-state index contributed by atoms with van der Waals surface area (Å²) in [5.74, 6) is -1.28. The van der Waals surface area contributed by atoms with Crippen molar-refractivity contribution in [2.24, 2.45) is 5.92 Å². The molecule has 0 bridgehead atoms. The number of rotatable bonds is 12. The van der Waals surface area contributed by atoms with E-state index >= 15 is 4.11 Å². The summed E-state index contributed by atoms with van der Waals surface area (Å²) in [4.78, 5) is 48.3. The Hall–Kier alpha value is -5.10. The zero-order chi connectivity index (χ0) is 37.3. The molecule has 7 rings (SSSR count). The standard InChI is InChI=1S/C42H45FN4O5Si/c1-28-40(53(2,3)43)37(24-39(50)46(20-21-48)26-29-12-5-4-6-13-29)52-42(28)34-17-8-10-19-36(34)47(41(42)51)27-30-14-11-15-32(22-30)45-38(49)23-31-25-44-35-18-9-7-16-33(31)35/h4-19,22,25,28,37,40,44,48H,20-21,23-24,26-27H2,1-3H3,(H,45,49)/t28-,37+,40-,42+/m1/s1. The molecule has 274 valence electrons. The van der Waals surface area contributed by atoms with E-state index in [1.807, 2.05) is 116 Å². The molecule has 0 saturated carbocycles. The molecular formula is C42H45FN4O5Si. The molecule has 4 atom stereocenters. The van der Waals surface area contributed by atoms with Crippen LogP contribution in [0, 0.1) is 5.92 Å². The van der Waals surface area contributed by atoms with Gasteiger partial charge in [0.15, 0.2) is 5.60 Å². The zero-order valence-electron chi connectivity index (χ0n) is 30.2. The first-order valence-electron chi connectivity index (χ1n) is 18.1. The maximum Gasteiger partial charge on any atom is 0.264 e. The third-order valence-corrected chi connectivity index (χ3v) is 13.2. The van der Waals surface area contributed by atoms with E-state index in [-0.39, 0.29) is 50.3 Å². The highest BCUT2D eigenvalue weighted by atomic mass is 28.4. The van der Waals surface area contributed by atoms with Gasteiger partial charge in [-0.3, -0.25) is 14.4 Å². The second-order valence-electron chi connectivity index (χ2n) is 14.7. The lowest BCUT2D eigenvalue weighted by Gasteiger charge is -2.31. The summed E-state index contributed by atoms with van der Waals surface area (Å²) in [6.07, 6.45) is 1.10. The number of para-hydroxylation sites is 2. The monoisotopic (exact) mass is 732 g/mol. The van der Waals surface area contributed by atoms with E-state index in [9.17, 15) is 19.5 Å². The van der Waals surface area contributed by atoms with Crippen LogP contribution in [-0.2, 0) is 44.2 Å². The molecule has 3 N–H and O–H groups in total. The van der Waals surface area contributed by atoms with Crippen LogP contribution in [0.4, 0.5) is 15.5 Å². The molecule has 11 heteroatoms. The fraction of sp³-hybridized carbons (Fsp3) is 0.310. The Labute approximate surface area is 310 Å². The van der Waals surface area contributed by atoms with Gasteiger partial charge in [0.2, 0.25) is 20.2 Å². The number of carbonyl (C=O) groups excluding carboxylic acids is 3. The van der Waals surface area contributed by atoms with Gasteiger partial charge in [-0.2, -0.15) is 0 Å². The maximum absolute atomic E-state index is 16.4. The number of amides is 3. The maximum atomic E-state index is 16.4. The fourth-order valence-corrected chi connectivity index (χ4v) is 11.0. The van der Waals surface area contributed by atoms with Crippen molar-refractivity contribution >= 4 is 48.4 Å². The predicted octanol–water partition coefficient (Wildman–Crippen LogP) is 7.08. The number of ether oxygens (including phenoxy) is 1. The topological polar surface area (TPSA) is 115 Å². The van der Waals surface area contributed by atoms with Crippen LogP contribution in [0.25, 0.3) is 10.9 Å². The number of carbonyl (C=O) groups is 3. The van der Waals surface area contributed by atoms with Gasteiger partial charge < -0.3 is 34.1 Å². The van der Waals surface area contributed by atoms with Crippen molar-refractivity contribution in [1.29, 1.82) is 0 Å². The summed E-state index contributed by atoms with van der Waals surface area (Å²) in [6, 6.07) is 32.2. The number of halogens is 1. The number of aromatic nitrogens is 1. The first-order chi connectivity index (χ1) is 25.5. The van der Waals surface area contributed by atoms with Gasteiger partial charge in [-0.15, -0.1) is 0 Å². The molecule has 1 spiro atoms. The molecular weight excluding hydrogens is 688 g/mol. The van der Waals surface area contributed by atoms with Gasteiger partial charge in [0.1, 0.15) is 0 Å². The van der Waals surface area contributed by atoms with Crippen LogP contribution in [0.2, 0.25) is 18.6 Å². The molecule has 1 saturated heterocycles. The number of aliphatic hydroxyl groups is 1. The first kappa shape index (κ1) is 36.3. The number of aromatic amines is 1. The summed E-state index contributed by atoms with van der Waals surface area (Å²) in [5.41, 5.74) is 3.41. The molecule has 53 heavy (non-hydrogen) atoms. The second-order valence-corrected chi connectivity index (χ2v) is 18.5. The number of H-pyrrole nitrogens is 1. The Morgan fingerprint density at radius 1 is 0.981 bits per heavy atom. The van der Waals surface area contributed by atoms with Crippen LogP contribution >= 0.6 is 0 Å². The normalized spacial score (nSPS) is 21.0. The molecule has 9 nitrogen and oxygen atoms in total. The highest BCUT2D eigenvalue weighted by Crippen LogP contribution is 2.60. The number of hydrogen-bond donors (Lipinski definition) is 3. The van der Waals surface area contributed by atoms with E-state index in [4.69, 9.17) is 4.74 Å². The Balaban J connectivity index is 1.12. The summed E-state index contributed by atoms with van der Waals surface area (Å²) in [6.45, 7) is 5.52. The van der Waals surface area contributed by atoms with Crippen molar-refractivity contribution in [2.75, 3.05) is 23.4 Å². The first-order valence-corrected chi connectivity index (χ1v) is 21.1. The van der Waals surface area contributed by atoms with Gasteiger partial charge in [-0.1, -0.05) is 85.8 Å². The molecule has 0 unspecified atom stereocenters.